The normalized spacial score (nSPS) is 12.6. The Morgan fingerprint density at radius 2 is 1.16 bits per heavy atom. The molecule has 0 fully saturated rings. The van der Waals surface area contributed by atoms with Gasteiger partial charge in [-0.05, 0) is 109 Å². The topological polar surface area (TPSA) is 50.8 Å². The second kappa shape index (κ2) is 11.8. The Morgan fingerprint density at radius 1 is 0.578 bits per heavy atom. The third kappa shape index (κ3) is 5.24. The van der Waals surface area contributed by atoms with Crippen molar-refractivity contribution < 1.29 is 0 Å². The lowest BCUT2D eigenvalue weighted by Crippen LogP contribution is -2.15. The number of rotatable bonds is 5. The van der Waals surface area contributed by atoms with E-state index in [9.17, 15) is 10.5 Å². The first-order chi connectivity index (χ1) is 22.0. The summed E-state index contributed by atoms with van der Waals surface area (Å²) in [5.41, 5.74) is 11.7. The van der Waals surface area contributed by atoms with E-state index in [1.807, 2.05) is 19.1 Å². The fraction of sp³-hybridized carbons (Fsp3) is 0.143. The fourth-order valence-electron chi connectivity index (χ4n) is 6.73. The van der Waals surface area contributed by atoms with Gasteiger partial charge >= 0.3 is 0 Å². The van der Waals surface area contributed by atoms with E-state index >= 15 is 0 Å². The molecule has 1 aliphatic carbocycles. The summed E-state index contributed by atoms with van der Waals surface area (Å²) in [6.07, 6.45) is 8.92. The molecule has 0 saturated heterocycles. The Morgan fingerprint density at radius 3 is 1.87 bits per heavy atom. The van der Waals surface area contributed by atoms with E-state index in [-0.39, 0.29) is 0 Å². The number of benzene rings is 6. The lowest BCUT2D eigenvalue weighted by atomic mass is 9.90. The largest absolute Gasteiger partial charge is 0.310 e. The van der Waals surface area contributed by atoms with Crippen molar-refractivity contribution in [1.82, 2.24) is 0 Å². The van der Waals surface area contributed by atoms with E-state index in [2.05, 4.69) is 127 Å². The molecule has 3 nitrogen and oxygen atoms in total. The fourth-order valence-corrected chi connectivity index (χ4v) is 6.73. The molecule has 0 bridgehead atoms. The highest BCUT2D eigenvalue weighted by atomic mass is 15.1. The van der Waals surface area contributed by atoms with Gasteiger partial charge in [0.1, 0.15) is 12.1 Å². The summed E-state index contributed by atoms with van der Waals surface area (Å²) in [7, 11) is 0. The highest BCUT2D eigenvalue weighted by Crippen LogP contribution is 2.40. The zero-order valence-corrected chi connectivity index (χ0v) is 25.6. The van der Waals surface area contributed by atoms with E-state index in [4.69, 9.17) is 0 Å². The van der Waals surface area contributed by atoms with Gasteiger partial charge in [-0.15, -0.1) is 0 Å². The van der Waals surface area contributed by atoms with Crippen LogP contribution in [0.3, 0.4) is 0 Å². The third-order valence-electron chi connectivity index (χ3n) is 9.04. The summed E-state index contributed by atoms with van der Waals surface area (Å²) in [5, 5.41) is 23.7. The predicted molar refractivity (Wildman–Crippen MR) is 187 cm³/mol. The van der Waals surface area contributed by atoms with Crippen molar-refractivity contribution in [2.24, 2.45) is 0 Å². The van der Waals surface area contributed by atoms with Gasteiger partial charge in [0.15, 0.2) is 0 Å². The average molecular weight is 580 g/mol. The van der Waals surface area contributed by atoms with Gasteiger partial charge < -0.3 is 4.90 Å². The molecule has 216 valence electrons. The molecular weight excluding hydrogens is 546 g/mol. The smallest absolute Gasteiger partial charge is 0.101 e. The highest BCUT2D eigenvalue weighted by molar-refractivity contribution is 6.13. The average Bonchev–Trinajstić information content (AvgIpc) is 3.08. The van der Waals surface area contributed by atoms with Crippen LogP contribution in [0.1, 0.15) is 57.3 Å². The van der Waals surface area contributed by atoms with Crippen molar-refractivity contribution in [3.63, 3.8) is 0 Å². The minimum atomic E-state index is 0.435. The van der Waals surface area contributed by atoms with Crippen LogP contribution in [-0.4, -0.2) is 0 Å². The van der Waals surface area contributed by atoms with Crippen LogP contribution >= 0.6 is 0 Å². The molecule has 0 atom stereocenters. The maximum absolute atomic E-state index is 10.1. The first-order valence-electron chi connectivity index (χ1n) is 15.6. The van der Waals surface area contributed by atoms with Crippen LogP contribution in [-0.2, 0) is 12.8 Å². The molecular formula is C42H33N3. The van der Waals surface area contributed by atoms with Crippen LogP contribution in [0, 0.1) is 36.5 Å². The molecule has 6 aromatic rings. The molecule has 0 spiro atoms. The predicted octanol–water partition coefficient (Wildman–Crippen LogP) is 10.9. The van der Waals surface area contributed by atoms with Gasteiger partial charge in [-0.25, -0.2) is 0 Å². The van der Waals surface area contributed by atoms with Crippen LogP contribution in [0.15, 0.2) is 103 Å². The van der Waals surface area contributed by atoms with Gasteiger partial charge in [0.05, 0.1) is 11.1 Å². The van der Waals surface area contributed by atoms with Crippen molar-refractivity contribution in [2.75, 3.05) is 4.90 Å². The van der Waals surface area contributed by atoms with E-state index in [0.29, 0.717) is 11.1 Å². The molecule has 0 radical (unpaired) electrons. The molecule has 0 heterocycles. The summed E-state index contributed by atoms with van der Waals surface area (Å²) in [5.74, 6) is 0. The van der Waals surface area contributed by atoms with Crippen molar-refractivity contribution in [3.8, 4) is 12.1 Å². The Balaban J connectivity index is 1.25. The van der Waals surface area contributed by atoms with Crippen molar-refractivity contribution in [1.29, 1.82) is 10.5 Å². The number of nitriles is 2. The molecule has 6 aromatic carbocycles. The minimum Gasteiger partial charge on any atom is -0.310 e. The zero-order valence-electron chi connectivity index (χ0n) is 25.6. The zero-order chi connectivity index (χ0) is 30.9. The molecule has 7 rings (SSSR count). The molecule has 0 amide bonds. The standard InChI is InChI=1S/C42H33N3/c1-28-10-18-33(19-11-28)45(42-9-5-7-32-6-3-4-8-35(32)42)34-20-15-30(16-21-34)13-14-31-17-23-37-36-22-12-29(2)24-38(36)40(26-43)41(27-44)39(37)25-31/h5,7,9-25H,3-4,6,8H2,1-2H3/b14-13-. The van der Waals surface area contributed by atoms with Crippen LogP contribution in [0.5, 0.6) is 0 Å². The van der Waals surface area contributed by atoms with Crippen LogP contribution in [0.2, 0.25) is 0 Å². The molecule has 0 aromatic heterocycles. The molecule has 0 N–H and O–H groups in total. The monoisotopic (exact) mass is 579 g/mol. The van der Waals surface area contributed by atoms with Crippen molar-refractivity contribution in [3.05, 3.63) is 148 Å². The molecule has 1 aliphatic rings. The summed E-state index contributed by atoms with van der Waals surface area (Å²) in [4.78, 5) is 2.39. The molecule has 0 unspecified atom stereocenters. The Labute approximate surface area is 264 Å². The van der Waals surface area contributed by atoms with Gasteiger partial charge in [-0.3, -0.25) is 0 Å². The molecule has 0 aliphatic heterocycles. The minimum absolute atomic E-state index is 0.435. The lowest BCUT2D eigenvalue weighted by Gasteiger charge is -2.30. The SMILES string of the molecule is Cc1ccc(N(c2ccc(/C=C\c3ccc4c(c3)c(C#N)c(C#N)c3cc(C)ccc34)cc2)c2cccc3c2CCCC3)cc1. The van der Waals surface area contributed by atoms with E-state index in [0.717, 1.165) is 62.5 Å². The van der Waals surface area contributed by atoms with Crippen molar-refractivity contribution >= 4 is 50.8 Å². The molecule has 45 heavy (non-hydrogen) atoms. The summed E-state index contributed by atoms with van der Waals surface area (Å²) in [6.45, 7) is 4.13. The maximum atomic E-state index is 10.1. The van der Waals surface area contributed by atoms with Crippen molar-refractivity contribution in [2.45, 2.75) is 39.5 Å². The molecule has 3 heteroatoms. The van der Waals surface area contributed by atoms with Gasteiger partial charge in [0, 0.05) is 27.8 Å². The van der Waals surface area contributed by atoms with Gasteiger partial charge in [0.2, 0.25) is 0 Å². The first-order valence-corrected chi connectivity index (χ1v) is 15.6. The van der Waals surface area contributed by atoms with Crippen LogP contribution in [0.4, 0.5) is 17.1 Å². The van der Waals surface area contributed by atoms with Crippen LogP contribution < -0.4 is 4.90 Å². The summed E-state index contributed by atoms with van der Waals surface area (Å²) < 4.78 is 0. The Bertz CT molecular complexity index is 2190. The Hall–Kier alpha value is -5.64. The van der Waals surface area contributed by atoms with Gasteiger partial charge in [-0.2, -0.15) is 10.5 Å². The number of aryl methyl sites for hydroxylation is 3. The van der Waals surface area contributed by atoms with Gasteiger partial charge in [0.25, 0.3) is 0 Å². The van der Waals surface area contributed by atoms with Crippen LogP contribution in [0.25, 0.3) is 33.7 Å². The lowest BCUT2D eigenvalue weighted by molar-refractivity contribution is 0.686. The number of anilines is 3. The van der Waals surface area contributed by atoms with E-state index in [1.165, 1.54) is 35.2 Å². The second-order valence-electron chi connectivity index (χ2n) is 12.0. The second-order valence-corrected chi connectivity index (χ2v) is 12.0. The first kappa shape index (κ1) is 28.1. The van der Waals surface area contributed by atoms with E-state index < -0.39 is 0 Å². The number of hydrogen-bond donors (Lipinski definition) is 0. The Kier molecular flexibility index (Phi) is 7.38. The van der Waals surface area contributed by atoms with E-state index in [1.54, 1.807) is 0 Å². The highest BCUT2D eigenvalue weighted by Gasteiger charge is 2.20. The molecule has 0 saturated carbocycles. The summed E-state index contributed by atoms with van der Waals surface area (Å²) >= 11 is 0. The quantitative estimate of drug-likeness (QED) is 0.151. The van der Waals surface area contributed by atoms with Gasteiger partial charge in [-0.1, -0.05) is 90.0 Å². The number of fused-ring (bicyclic) bond motifs is 4. The number of hydrogen-bond acceptors (Lipinski definition) is 3. The number of nitrogens with zero attached hydrogens (tertiary/aromatic N) is 3. The summed E-state index contributed by atoms with van der Waals surface area (Å²) in [6, 6.07) is 41.1. The maximum Gasteiger partial charge on any atom is 0.101 e. The third-order valence-corrected chi connectivity index (χ3v) is 9.04.